The molecule has 2 rings (SSSR count). The van der Waals surface area contributed by atoms with E-state index in [0.29, 0.717) is 6.42 Å². The molecule has 0 aromatic heterocycles. The smallest absolute Gasteiger partial charge is 0.224 e. The largest absolute Gasteiger partial charge is 0.343 e. The van der Waals surface area contributed by atoms with E-state index in [1.54, 1.807) is 4.90 Å². The minimum atomic E-state index is -0.270. The Morgan fingerprint density at radius 1 is 1.13 bits per heavy atom. The summed E-state index contributed by atoms with van der Waals surface area (Å²) in [4.78, 5) is 14.2. The van der Waals surface area contributed by atoms with E-state index in [1.807, 2.05) is 68.6 Å². The molecule has 4 heteroatoms. The molecule has 2 N–H and O–H groups in total. The SMILES string of the molecule is CC(Cc1ccc(Cl)cc1)N(C)C(=O)CC(N)c1ccccc1. The molecule has 122 valence electrons. The van der Waals surface area contributed by atoms with Gasteiger partial charge in [-0.05, 0) is 36.6 Å². The van der Waals surface area contributed by atoms with Crippen LogP contribution in [0.2, 0.25) is 5.02 Å². The highest BCUT2D eigenvalue weighted by Gasteiger charge is 2.19. The van der Waals surface area contributed by atoms with E-state index in [0.717, 1.165) is 22.6 Å². The lowest BCUT2D eigenvalue weighted by molar-refractivity contribution is -0.132. The number of carbonyl (C=O) groups is 1. The molecule has 0 saturated heterocycles. The second kappa shape index (κ2) is 8.14. The fourth-order valence-corrected chi connectivity index (χ4v) is 2.62. The first-order valence-electron chi connectivity index (χ1n) is 7.78. The number of hydrogen-bond donors (Lipinski definition) is 1. The summed E-state index contributed by atoms with van der Waals surface area (Å²) < 4.78 is 0. The minimum Gasteiger partial charge on any atom is -0.343 e. The number of nitrogens with two attached hydrogens (primary N) is 1. The second-order valence-corrected chi connectivity index (χ2v) is 6.34. The molecule has 0 radical (unpaired) electrons. The number of hydrogen-bond acceptors (Lipinski definition) is 2. The van der Waals surface area contributed by atoms with Gasteiger partial charge in [-0.2, -0.15) is 0 Å². The van der Waals surface area contributed by atoms with Crippen molar-refractivity contribution in [2.45, 2.75) is 31.8 Å². The van der Waals surface area contributed by atoms with Gasteiger partial charge in [-0.3, -0.25) is 4.79 Å². The van der Waals surface area contributed by atoms with Gasteiger partial charge in [0.05, 0.1) is 0 Å². The number of nitrogens with zero attached hydrogens (tertiary/aromatic N) is 1. The Kier molecular flexibility index (Phi) is 6.20. The van der Waals surface area contributed by atoms with Crippen LogP contribution in [0.1, 0.15) is 30.5 Å². The highest BCUT2D eigenvalue weighted by molar-refractivity contribution is 6.30. The number of likely N-dealkylation sites (N-methyl/N-ethyl adjacent to an activating group) is 1. The lowest BCUT2D eigenvalue weighted by Gasteiger charge is -2.26. The Bertz CT molecular complexity index is 628. The fourth-order valence-electron chi connectivity index (χ4n) is 2.49. The molecule has 2 aromatic rings. The van der Waals surface area contributed by atoms with Crippen molar-refractivity contribution in [1.82, 2.24) is 4.90 Å². The molecule has 0 aliphatic rings. The summed E-state index contributed by atoms with van der Waals surface area (Å²) >= 11 is 5.90. The Hall–Kier alpha value is -1.84. The average Bonchev–Trinajstić information content (AvgIpc) is 2.56. The Labute approximate surface area is 143 Å². The van der Waals surface area contributed by atoms with Crippen LogP contribution in [0, 0.1) is 0 Å². The number of rotatable bonds is 6. The van der Waals surface area contributed by atoms with Gasteiger partial charge in [0, 0.05) is 30.6 Å². The first kappa shape index (κ1) is 17.5. The van der Waals surface area contributed by atoms with E-state index < -0.39 is 0 Å². The lowest BCUT2D eigenvalue weighted by atomic mass is 10.0. The molecule has 0 bridgehead atoms. The first-order chi connectivity index (χ1) is 11.0. The highest BCUT2D eigenvalue weighted by Crippen LogP contribution is 2.17. The summed E-state index contributed by atoms with van der Waals surface area (Å²) in [6, 6.07) is 17.3. The van der Waals surface area contributed by atoms with E-state index in [1.165, 1.54) is 0 Å². The third kappa shape index (κ3) is 5.08. The van der Waals surface area contributed by atoms with E-state index in [-0.39, 0.29) is 18.0 Å². The molecule has 2 aromatic carbocycles. The summed E-state index contributed by atoms with van der Waals surface area (Å²) in [6.45, 7) is 2.04. The summed E-state index contributed by atoms with van der Waals surface area (Å²) in [5.74, 6) is 0.0582. The number of carbonyl (C=O) groups excluding carboxylic acids is 1. The van der Waals surface area contributed by atoms with Gasteiger partial charge in [-0.15, -0.1) is 0 Å². The van der Waals surface area contributed by atoms with Gasteiger partial charge < -0.3 is 10.6 Å². The zero-order valence-electron chi connectivity index (χ0n) is 13.6. The van der Waals surface area contributed by atoms with Crippen molar-refractivity contribution in [3.8, 4) is 0 Å². The van der Waals surface area contributed by atoms with Gasteiger partial charge in [-0.25, -0.2) is 0 Å². The van der Waals surface area contributed by atoms with Crippen LogP contribution in [0.3, 0.4) is 0 Å². The van der Waals surface area contributed by atoms with Crippen LogP contribution in [0.4, 0.5) is 0 Å². The molecular weight excluding hydrogens is 308 g/mol. The van der Waals surface area contributed by atoms with Crippen molar-refractivity contribution in [2.24, 2.45) is 5.73 Å². The quantitative estimate of drug-likeness (QED) is 0.875. The maximum absolute atomic E-state index is 12.4. The van der Waals surface area contributed by atoms with Gasteiger partial charge in [0.2, 0.25) is 5.91 Å². The van der Waals surface area contributed by atoms with Crippen molar-refractivity contribution in [3.63, 3.8) is 0 Å². The molecule has 0 fully saturated rings. The minimum absolute atomic E-state index is 0.0582. The molecule has 0 aliphatic carbocycles. The fraction of sp³-hybridized carbons (Fsp3) is 0.316. The first-order valence-corrected chi connectivity index (χ1v) is 8.16. The molecule has 1 amide bonds. The lowest BCUT2D eigenvalue weighted by Crippen LogP contribution is -2.37. The number of halogens is 1. The van der Waals surface area contributed by atoms with Gasteiger partial charge in [0.15, 0.2) is 0 Å². The van der Waals surface area contributed by atoms with Gasteiger partial charge in [0.1, 0.15) is 0 Å². The molecule has 0 heterocycles. The molecule has 2 unspecified atom stereocenters. The van der Waals surface area contributed by atoms with Crippen molar-refractivity contribution in [1.29, 1.82) is 0 Å². The maximum atomic E-state index is 12.4. The molecular formula is C19H23ClN2O. The maximum Gasteiger partial charge on any atom is 0.224 e. The average molecular weight is 331 g/mol. The zero-order chi connectivity index (χ0) is 16.8. The Morgan fingerprint density at radius 3 is 2.35 bits per heavy atom. The predicted molar refractivity (Wildman–Crippen MR) is 95.4 cm³/mol. The predicted octanol–water partition coefficient (Wildman–Crippen LogP) is 3.82. The second-order valence-electron chi connectivity index (χ2n) is 5.91. The van der Waals surface area contributed by atoms with Gasteiger partial charge in [0.25, 0.3) is 0 Å². The van der Waals surface area contributed by atoms with Crippen LogP contribution in [0.5, 0.6) is 0 Å². The monoisotopic (exact) mass is 330 g/mol. The van der Waals surface area contributed by atoms with Crippen LogP contribution in [0.25, 0.3) is 0 Å². The topological polar surface area (TPSA) is 46.3 Å². The molecule has 0 spiro atoms. The molecule has 3 nitrogen and oxygen atoms in total. The summed E-state index contributed by atoms with van der Waals surface area (Å²) in [6.07, 6.45) is 1.10. The molecule has 0 aliphatic heterocycles. The van der Waals surface area contributed by atoms with Crippen molar-refractivity contribution in [3.05, 3.63) is 70.7 Å². The van der Waals surface area contributed by atoms with Crippen LogP contribution in [0.15, 0.2) is 54.6 Å². The third-order valence-corrected chi connectivity index (χ3v) is 4.37. The molecule has 2 atom stereocenters. The standard InChI is InChI=1S/C19H23ClN2O/c1-14(12-15-8-10-17(20)11-9-15)22(2)19(23)13-18(21)16-6-4-3-5-7-16/h3-11,14,18H,12-13,21H2,1-2H3. The van der Waals surface area contributed by atoms with Gasteiger partial charge >= 0.3 is 0 Å². The van der Waals surface area contributed by atoms with Crippen molar-refractivity contribution in [2.75, 3.05) is 7.05 Å². The van der Waals surface area contributed by atoms with Crippen LogP contribution in [-0.2, 0) is 11.2 Å². The number of amides is 1. The summed E-state index contributed by atoms with van der Waals surface area (Å²) in [7, 11) is 1.83. The normalized spacial score (nSPS) is 13.4. The van der Waals surface area contributed by atoms with E-state index in [2.05, 4.69) is 0 Å². The van der Waals surface area contributed by atoms with E-state index in [9.17, 15) is 4.79 Å². The van der Waals surface area contributed by atoms with Crippen LogP contribution in [-0.4, -0.2) is 23.9 Å². The third-order valence-electron chi connectivity index (χ3n) is 4.12. The zero-order valence-corrected chi connectivity index (χ0v) is 14.3. The van der Waals surface area contributed by atoms with Crippen LogP contribution >= 0.6 is 11.6 Å². The Balaban J connectivity index is 1.92. The van der Waals surface area contributed by atoms with Gasteiger partial charge in [-0.1, -0.05) is 54.1 Å². The van der Waals surface area contributed by atoms with Crippen molar-refractivity contribution < 1.29 is 4.79 Å². The molecule has 23 heavy (non-hydrogen) atoms. The van der Waals surface area contributed by atoms with E-state index >= 15 is 0 Å². The highest BCUT2D eigenvalue weighted by atomic mass is 35.5. The number of benzene rings is 2. The van der Waals surface area contributed by atoms with Crippen molar-refractivity contribution >= 4 is 17.5 Å². The summed E-state index contributed by atoms with van der Waals surface area (Å²) in [5.41, 5.74) is 8.29. The van der Waals surface area contributed by atoms with Crippen LogP contribution < -0.4 is 5.73 Å². The molecule has 0 saturated carbocycles. The van der Waals surface area contributed by atoms with E-state index in [4.69, 9.17) is 17.3 Å². The Morgan fingerprint density at radius 2 is 1.74 bits per heavy atom. The summed E-state index contributed by atoms with van der Waals surface area (Å²) in [5, 5.41) is 0.722.